The number of ether oxygens (including phenoxy) is 1. The molecule has 0 N–H and O–H groups in total. The highest BCUT2D eigenvalue weighted by Gasteiger charge is 2.29. The first kappa shape index (κ1) is 21.0. The Morgan fingerprint density at radius 1 is 1.10 bits per heavy atom. The number of aromatic nitrogens is 1. The third-order valence-corrected chi connectivity index (χ3v) is 5.20. The number of benzene rings is 1. The van der Waals surface area contributed by atoms with Crippen molar-refractivity contribution in [2.75, 3.05) is 25.0 Å². The number of hydrogen-bond acceptors (Lipinski definition) is 3. The smallest absolute Gasteiger partial charge is 0.410 e. The molecule has 0 saturated carbocycles. The topological polar surface area (TPSA) is 54.8 Å². The second kappa shape index (κ2) is 8.31. The Labute approximate surface area is 173 Å². The van der Waals surface area contributed by atoms with Crippen LogP contribution in [0.4, 0.5) is 10.5 Å². The van der Waals surface area contributed by atoms with Crippen LogP contribution in [0.2, 0.25) is 0 Å². The van der Waals surface area contributed by atoms with Gasteiger partial charge in [0.25, 0.3) is 5.91 Å². The Morgan fingerprint density at radius 3 is 2.41 bits per heavy atom. The highest BCUT2D eigenvalue weighted by molar-refractivity contribution is 6.04. The molecular formula is C23H31N3O3. The van der Waals surface area contributed by atoms with Crippen LogP contribution in [0, 0.1) is 6.92 Å². The van der Waals surface area contributed by atoms with E-state index in [-0.39, 0.29) is 18.0 Å². The number of nitrogens with zero attached hydrogens (tertiary/aromatic N) is 3. The van der Waals surface area contributed by atoms with Gasteiger partial charge in [0.1, 0.15) is 11.3 Å². The van der Waals surface area contributed by atoms with Gasteiger partial charge >= 0.3 is 6.09 Å². The van der Waals surface area contributed by atoms with E-state index in [1.54, 1.807) is 16.8 Å². The number of aryl methyl sites for hydroxylation is 1. The molecule has 2 amide bonds. The van der Waals surface area contributed by atoms with E-state index in [4.69, 9.17) is 4.74 Å². The largest absolute Gasteiger partial charge is 0.444 e. The summed E-state index contributed by atoms with van der Waals surface area (Å²) in [5, 5.41) is 0. The van der Waals surface area contributed by atoms with Crippen molar-refractivity contribution in [3.63, 3.8) is 0 Å². The molecule has 1 aliphatic rings. The van der Waals surface area contributed by atoms with Crippen LogP contribution < -0.4 is 4.90 Å². The second-order valence-corrected chi connectivity index (χ2v) is 8.70. The molecule has 156 valence electrons. The lowest BCUT2D eigenvalue weighted by molar-refractivity contribution is 0.0187. The maximum Gasteiger partial charge on any atom is 0.410 e. The SMILES string of the molecule is Cc1cccc(N(C)C(=O)c2cccn2C2CCN(C(=O)OC(C)(C)C)CC2)c1. The van der Waals surface area contributed by atoms with Gasteiger partial charge in [0.2, 0.25) is 0 Å². The normalized spacial score (nSPS) is 15.3. The first-order valence-corrected chi connectivity index (χ1v) is 10.2. The van der Waals surface area contributed by atoms with Crippen LogP contribution in [-0.4, -0.2) is 47.2 Å². The van der Waals surface area contributed by atoms with E-state index < -0.39 is 5.60 Å². The standard InChI is InChI=1S/C23H31N3O3/c1-17-8-6-9-19(16-17)24(5)21(27)20-10-7-13-26(20)18-11-14-25(15-12-18)22(28)29-23(2,3)4/h6-10,13,16,18H,11-12,14-15H2,1-5H3. The highest BCUT2D eigenvalue weighted by atomic mass is 16.6. The van der Waals surface area contributed by atoms with Crippen LogP contribution in [0.1, 0.15) is 55.7 Å². The van der Waals surface area contributed by atoms with Gasteiger partial charge in [-0.15, -0.1) is 0 Å². The Hall–Kier alpha value is -2.76. The van der Waals surface area contributed by atoms with Gasteiger partial charge < -0.3 is 19.1 Å². The Balaban J connectivity index is 1.68. The minimum atomic E-state index is -0.492. The van der Waals surface area contributed by atoms with Crippen LogP contribution in [0.5, 0.6) is 0 Å². The summed E-state index contributed by atoms with van der Waals surface area (Å²) in [7, 11) is 1.81. The molecular weight excluding hydrogens is 366 g/mol. The van der Waals surface area contributed by atoms with Crippen LogP contribution in [-0.2, 0) is 4.74 Å². The van der Waals surface area contributed by atoms with E-state index in [0.29, 0.717) is 18.8 Å². The van der Waals surface area contributed by atoms with Crippen molar-refractivity contribution in [1.82, 2.24) is 9.47 Å². The fourth-order valence-corrected chi connectivity index (χ4v) is 3.67. The molecule has 2 heterocycles. The van der Waals surface area contributed by atoms with Crippen molar-refractivity contribution in [3.05, 3.63) is 53.9 Å². The van der Waals surface area contributed by atoms with Crippen molar-refractivity contribution >= 4 is 17.7 Å². The Morgan fingerprint density at radius 2 is 1.79 bits per heavy atom. The molecule has 0 bridgehead atoms. The number of anilines is 1. The molecule has 1 saturated heterocycles. The molecule has 1 aliphatic heterocycles. The summed E-state index contributed by atoms with van der Waals surface area (Å²) in [6, 6.07) is 11.9. The molecule has 6 heteroatoms. The fourth-order valence-electron chi connectivity index (χ4n) is 3.67. The minimum absolute atomic E-state index is 0.0322. The van der Waals surface area contributed by atoms with E-state index in [1.165, 1.54) is 0 Å². The molecule has 29 heavy (non-hydrogen) atoms. The van der Waals surface area contributed by atoms with Gasteiger partial charge in [-0.1, -0.05) is 12.1 Å². The van der Waals surface area contributed by atoms with Gasteiger partial charge in [0.15, 0.2) is 0 Å². The molecule has 6 nitrogen and oxygen atoms in total. The summed E-state index contributed by atoms with van der Waals surface area (Å²) in [5.74, 6) is -0.0322. The molecule has 2 aromatic rings. The monoisotopic (exact) mass is 397 g/mol. The van der Waals surface area contributed by atoms with Crippen LogP contribution >= 0.6 is 0 Å². The van der Waals surface area contributed by atoms with Crippen molar-refractivity contribution in [2.45, 2.75) is 52.2 Å². The van der Waals surface area contributed by atoms with Crippen molar-refractivity contribution in [2.24, 2.45) is 0 Å². The molecule has 1 aromatic heterocycles. The van der Waals surface area contributed by atoms with Gasteiger partial charge in [-0.2, -0.15) is 0 Å². The number of carbonyl (C=O) groups is 2. The lowest BCUT2D eigenvalue weighted by atomic mass is 10.0. The summed E-state index contributed by atoms with van der Waals surface area (Å²) >= 11 is 0. The maximum absolute atomic E-state index is 13.1. The summed E-state index contributed by atoms with van der Waals surface area (Å²) in [5.41, 5.74) is 2.17. The minimum Gasteiger partial charge on any atom is -0.444 e. The van der Waals surface area contributed by atoms with Crippen LogP contribution in [0.15, 0.2) is 42.6 Å². The summed E-state index contributed by atoms with van der Waals surface area (Å²) in [6.45, 7) is 8.89. The van der Waals surface area contributed by atoms with Gasteiger partial charge in [0.05, 0.1) is 0 Å². The fraction of sp³-hybridized carbons (Fsp3) is 0.478. The van der Waals surface area contributed by atoms with Crippen LogP contribution in [0.3, 0.4) is 0 Å². The average molecular weight is 398 g/mol. The number of hydrogen-bond donors (Lipinski definition) is 0. The molecule has 0 atom stereocenters. The predicted molar refractivity (Wildman–Crippen MR) is 114 cm³/mol. The molecule has 1 fully saturated rings. The van der Waals surface area contributed by atoms with E-state index in [0.717, 1.165) is 24.1 Å². The Bertz CT molecular complexity index is 873. The molecule has 0 radical (unpaired) electrons. The second-order valence-electron chi connectivity index (χ2n) is 8.70. The van der Waals surface area contributed by atoms with Crippen molar-refractivity contribution < 1.29 is 14.3 Å². The summed E-state index contributed by atoms with van der Waals surface area (Å²) in [4.78, 5) is 28.9. The zero-order valence-electron chi connectivity index (χ0n) is 18.0. The van der Waals surface area contributed by atoms with E-state index in [2.05, 4.69) is 4.57 Å². The molecule has 3 rings (SSSR count). The zero-order valence-corrected chi connectivity index (χ0v) is 18.0. The van der Waals surface area contributed by atoms with Gasteiger partial charge in [-0.25, -0.2) is 4.79 Å². The average Bonchev–Trinajstić information content (AvgIpc) is 3.15. The van der Waals surface area contributed by atoms with E-state index in [1.807, 2.05) is 70.3 Å². The molecule has 1 aromatic carbocycles. The number of piperidine rings is 1. The van der Waals surface area contributed by atoms with Gasteiger partial charge in [0, 0.05) is 38.1 Å². The number of carbonyl (C=O) groups excluding carboxylic acids is 2. The molecule has 0 unspecified atom stereocenters. The lowest BCUT2D eigenvalue weighted by Gasteiger charge is -2.34. The first-order valence-electron chi connectivity index (χ1n) is 10.2. The third kappa shape index (κ3) is 5.00. The molecule has 0 spiro atoms. The third-order valence-electron chi connectivity index (χ3n) is 5.20. The zero-order chi connectivity index (χ0) is 21.2. The van der Waals surface area contributed by atoms with Crippen molar-refractivity contribution in [1.29, 1.82) is 0 Å². The number of likely N-dealkylation sites (tertiary alicyclic amines) is 1. The Kier molecular flexibility index (Phi) is 6.01. The lowest BCUT2D eigenvalue weighted by Crippen LogP contribution is -2.42. The van der Waals surface area contributed by atoms with Crippen molar-refractivity contribution in [3.8, 4) is 0 Å². The van der Waals surface area contributed by atoms with E-state index >= 15 is 0 Å². The summed E-state index contributed by atoms with van der Waals surface area (Å²) < 4.78 is 7.53. The quantitative estimate of drug-likeness (QED) is 0.758. The van der Waals surface area contributed by atoms with Crippen LogP contribution in [0.25, 0.3) is 0 Å². The van der Waals surface area contributed by atoms with Gasteiger partial charge in [-0.05, 0) is 70.4 Å². The van der Waals surface area contributed by atoms with Gasteiger partial charge in [-0.3, -0.25) is 4.79 Å². The molecule has 0 aliphatic carbocycles. The van der Waals surface area contributed by atoms with E-state index in [9.17, 15) is 9.59 Å². The number of amides is 2. The summed E-state index contributed by atoms with van der Waals surface area (Å²) in [6.07, 6.45) is 3.29. The predicted octanol–water partition coefficient (Wildman–Crippen LogP) is 4.65. The first-order chi connectivity index (χ1) is 13.7. The maximum atomic E-state index is 13.1. The highest BCUT2D eigenvalue weighted by Crippen LogP contribution is 2.27. The number of rotatable bonds is 3.